The van der Waals surface area contributed by atoms with Gasteiger partial charge in [-0.2, -0.15) is 5.10 Å². The summed E-state index contributed by atoms with van der Waals surface area (Å²) < 4.78 is 1.97. The monoisotopic (exact) mass is 311 g/mol. The van der Waals surface area contributed by atoms with E-state index in [1.807, 2.05) is 29.1 Å². The zero-order valence-electron chi connectivity index (χ0n) is 11.7. The fraction of sp³-hybridized carbons (Fsp3) is 0.400. The molecule has 0 bridgehead atoms. The zero-order valence-corrected chi connectivity index (χ0v) is 13.2. The van der Waals surface area contributed by atoms with Crippen LogP contribution >= 0.6 is 23.2 Å². The summed E-state index contributed by atoms with van der Waals surface area (Å²) in [6, 6.07) is 7.73. The number of halogens is 2. The van der Waals surface area contributed by atoms with Crippen LogP contribution < -0.4 is 5.73 Å². The zero-order chi connectivity index (χ0) is 14.7. The quantitative estimate of drug-likeness (QED) is 0.889. The smallest absolute Gasteiger partial charge is 0.0643 e. The molecule has 2 atom stereocenters. The summed E-state index contributed by atoms with van der Waals surface area (Å²) in [6.07, 6.45) is 3.69. The van der Waals surface area contributed by atoms with Crippen molar-refractivity contribution in [3.63, 3.8) is 0 Å². The predicted octanol–water partition coefficient (Wildman–Crippen LogP) is 4.40. The van der Waals surface area contributed by atoms with Gasteiger partial charge in [-0.15, -0.1) is 0 Å². The number of nitrogens with zero attached hydrogens (tertiary/aromatic N) is 2. The van der Waals surface area contributed by atoms with Gasteiger partial charge in [-0.05, 0) is 31.0 Å². The van der Waals surface area contributed by atoms with Crippen molar-refractivity contribution in [3.05, 3.63) is 51.8 Å². The van der Waals surface area contributed by atoms with Crippen molar-refractivity contribution < 1.29 is 0 Å². The predicted molar refractivity (Wildman–Crippen MR) is 84.3 cm³/mol. The van der Waals surface area contributed by atoms with E-state index in [1.54, 1.807) is 6.07 Å². The Bertz CT molecular complexity index is 580. The minimum atomic E-state index is -0.207. The molecule has 0 saturated heterocycles. The highest BCUT2D eigenvalue weighted by atomic mass is 35.5. The van der Waals surface area contributed by atoms with E-state index in [2.05, 4.69) is 18.9 Å². The third-order valence-corrected chi connectivity index (χ3v) is 4.35. The summed E-state index contributed by atoms with van der Waals surface area (Å²) >= 11 is 12.2. The normalized spacial score (nSPS) is 14.2. The summed E-state index contributed by atoms with van der Waals surface area (Å²) in [5, 5.41) is 5.62. The van der Waals surface area contributed by atoms with Crippen molar-refractivity contribution in [2.45, 2.75) is 38.8 Å². The summed E-state index contributed by atoms with van der Waals surface area (Å²) in [7, 11) is 0. The van der Waals surface area contributed by atoms with E-state index in [9.17, 15) is 0 Å². The molecular formula is C15H19Cl2N3. The standard InChI is InChI=1S/C15H19Cl2N3/c1-3-10(2)20-8-7-11(19-20)9-14(18)12-5-4-6-13(16)15(12)17/h4-8,10,14H,3,9,18H2,1-2H3. The minimum absolute atomic E-state index is 0.207. The Balaban J connectivity index is 2.13. The van der Waals surface area contributed by atoms with Crippen LogP contribution in [0.4, 0.5) is 0 Å². The summed E-state index contributed by atoms with van der Waals surface area (Å²) in [5.74, 6) is 0. The lowest BCUT2D eigenvalue weighted by atomic mass is 10.0. The van der Waals surface area contributed by atoms with Crippen LogP contribution in [0.3, 0.4) is 0 Å². The van der Waals surface area contributed by atoms with Crippen molar-refractivity contribution in [1.82, 2.24) is 9.78 Å². The second kappa shape index (κ2) is 6.61. The first-order chi connectivity index (χ1) is 9.52. The van der Waals surface area contributed by atoms with Gasteiger partial charge in [-0.25, -0.2) is 0 Å². The molecule has 1 heterocycles. The summed E-state index contributed by atoms with van der Waals surface area (Å²) in [5.41, 5.74) is 8.05. The van der Waals surface area contributed by atoms with Gasteiger partial charge in [0.25, 0.3) is 0 Å². The van der Waals surface area contributed by atoms with Gasteiger partial charge >= 0.3 is 0 Å². The van der Waals surface area contributed by atoms with E-state index >= 15 is 0 Å². The Morgan fingerprint density at radius 1 is 1.30 bits per heavy atom. The van der Waals surface area contributed by atoms with Gasteiger partial charge in [0, 0.05) is 24.7 Å². The number of nitrogens with two attached hydrogens (primary N) is 1. The number of benzene rings is 1. The molecule has 0 fully saturated rings. The fourth-order valence-corrected chi connectivity index (χ4v) is 2.51. The van der Waals surface area contributed by atoms with Crippen LogP contribution in [0, 0.1) is 0 Å². The van der Waals surface area contributed by atoms with E-state index in [-0.39, 0.29) is 6.04 Å². The maximum atomic E-state index is 6.22. The molecule has 1 aromatic carbocycles. The van der Waals surface area contributed by atoms with Gasteiger partial charge in [0.15, 0.2) is 0 Å². The lowest BCUT2D eigenvalue weighted by Crippen LogP contribution is -2.15. The van der Waals surface area contributed by atoms with Crippen LogP contribution in [0.15, 0.2) is 30.5 Å². The van der Waals surface area contributed by atoms with Crippen LogP contribution in [0.5, 0.6) is 0 Å². The van der Waals surface area contributed by atoms with E-state index in [4.69, 9.17) is 28.9 Å². The molecule has 1 aromatic heterocycles. The van der Waals surface area contributed by atoms with Gasteiger partial charge in [0.2, 0.25) is 0 Å². The van der Waals surface area contributed by atoms with Gasteiger partial charge < -0.3 is 5.73 Å². The first kappa shape index (κ1) is 15.4. The second-order valence-electron chi connectivity index (χ2n) is 5.00. The van der Waals surface area contributed by atoms with Crippen LogP contribution in [-0.4, -0.2) is 9.78 Å². The topological polar surface area (TPSA) is 43.8 Å². The molecule has 2 N–H and O–H groups in total. The highest BCUT2D eigenvalue weighted by Gasteiger charge is 2.14. The van der Waals surface area contributed by atoms with Crippen molar-refractivity contribution in [2.75, 3.05) is 0 Å². The molecule has 0 aliphatic heterocycles. The van der Waals surface area contributed by atoms with Crippen LogP contribution in [-0.2, 0) is 6.42 Å². The molecule has 3 nitrogen and oxygen atoms in total. The first-order valence-corrected chi connectivity index (χ1v) is 7.52. The maximum absolute atomic E-state index is 6.22. The van der Waals surface area contributed by atoms with Crippen LogP contribution in [0.2, 0.25) is 10.0 Å². The van der Waals surface area contributed by atoms with E-state index < -0.39 is 0 Å². The Labute approximate surface area is 129 Å². The number of hydrogen-bond donors (Lipinski definition) is 1. The third kappa shape index (κ3) is 3.35. The molecule has 0 amide bonds. The van der Waals surface area contributed by atoms with Crippen molar-refractivity contribution >= 4 is 23.2 Å². The van der Waals surface area contributed by atoms with Gasteiger partial charge in [-0.3, -0.25) is 4.68 Å². The Kier molecular flexibility index (Phi) is 5.08. The second-order valence-corrected chi connectivity index (χ2v) is 5.78. The van der Waals surface area contributed by atoms with Gasteiger partial charge in [-0.1, -0.05) is 42.3 Å². The molecule has 20 heavy (non-hydrogen) atoms. The lowest BCUT2D eigenvalue weighted by Gasteiger charge is -2.13. The molecule has 2 unspecified atom stereocenters. The van der Waals surface area contributed by atoms with Crippen molar-refractivity contribution in [1.29, 1.82) is 0 Å². The Hall–Kier alpha value is -1.03. The molecule has 108 valence electrons. The number of hydrogen-bond acceptors (Lipinski definition) is 2. The summed E-state index contributed by atoms with van der Waals surface area (Å²) in [6.45, 7) is 4.29. The largest absolute Gasteiger partial charge is 0.324 e. The molecular weight excluding hydrogens is 293 g/mol. The highest BCUT2D eigenvalue weighted by molar-refractivity contribution is 6.42. The Morgan fingerprint density at radius 3 is 2.75 bits per heavy atom. The molecule has 0 aliphatic rings. The fourth-order valence-electron chi connectivity index (χ4n) is 2.06. The SMILES string of the molecule is CCC(C)n1ccc(CC(N)c2cccc(Cl)c2Cl)n1. The summed E-state index contributed by atoms with van der Waals surface area (Å²) in [4.78, 5) is 0. The third-order valence-electron chi connectivity index (χ3n) is 3.52. The van der Waals surface area contributed by atoms with Crippen LogP contribution in [0.25, 0.3) is 0 Å². The van der Waals surface area contributed by atoms with E-state index in [1.165, 1.54) is 0 Å². The first-order valence-electron chi connectivity index (χ1n) is 6.76. The van der Waals surface area contributed by atoms with Crippen molar-refractivity contribution in [3.8, 4) is 0 Å². The average molecular weight is 312 g/mol. The minimum Gasteiger partial charge on any atom is -0.324 e. The van der Waals surface area contributed by atoms with E-state index in [0.29, 0.717) is 22.5 Å². The number of aromatic nitrogens is 2. The molecule has 2 aromatic rings. The molecule has 0 radical (unpaired) electrons. The molecule has 5 heteroatoms. The maximum Gasteiger partial charge on any atom is 0.0643 e. The molecule has 0 aliphatic carbocycles. The van der Waals surface area contributed by atoms with Gasteiger partial charge in [0.1, 0.15) is 0 Å². The Morgan fingerprint density at radius 2 is 2.05 bits per heavy atom. The molecule has 0 saturated carbocycles. The van der Waals surface area contributed by atoms with E-state index in [0.717, 1.165) is 17.7 Å². The molecule has 2 rings (SSSR count). The molecule has 0 spiro atoms. The lowest BCUT2D eigenvalue weighted by molar-refractivity contribution is 0.472. The number of rotatable bonds is 5. The van der Waals surface area contributed by atoms with Crippen LogP contribution in [0.1, 0.15) is 43.6 Å². The van der Waals surface area contributed by atoms with Gasteiger partial charge in [0.05, 0.1) is 15.7 Å². The average Bonchev–Trinajstić information content (AvgIpc) is 2.89. The highest BCUT2D eigenvalue weighted by Crippen LogP contribution is 2.30. The van der Waals surface area contributed by atoms with Crippen molar-refractivity contribution in [2.24, 2.45) is 5.73 Å².